The lowest BCUT2D eigenvalue weighted by molar-refractivity contribution is 0.353. The standard InChI is InChI=1S/C43H40N2/c1-28-17-18-30-19-22-36-37(27-40(29-11-4-2-5-12-29)45-42(36)41(30)44-28)33-14-10-13-31(25-33)32-20-21-35-34-15-6-7-16-38(34)43(39(35)26-32)23-8-3-9-24-43/h6-7,10,13-22,25-27,29H,2-5,8-9,11-12,23-24H2,1H3. The highest BCUT2D eigenvalue weighted by molar-refractivity contribution is 6.08. The molecule has 0 bridgehead atoms. The monoisotopic (exact) mass is 584 g/mol. The summed E-state index contributed by atoms with van der Waals surface area (Å²) in [6.07, 6.45) is 12.9. The number of aromatic nitrogens is 2. The largest absolute Gasteiger partial charge is 0.251 e. The van der Waals surface area contributed by atoms with Crippen LogP contribution in [0.1, 0.15) is 92.6 Å². The lowest BCUT2D eigenvalue weighted by Gasteiger charge is -2.36. The summed E-state index contributed by atoms with van der Waals surface area (Å²) < 4.78 is 0. The average molecular weight is 585 g/mol. The van der Waals surface area contributed by atoms with Gasteiger partial charge in [0.2, 0.25) is 0 Å². The number of rotatable bonds is 3. The topological polar surface area (TPSA) is 25.8 Å². The van der Waals surface area contributed by atoms with Crippen LogP contribution in [-0.4, -0.2) is 9.97 Å². The van der Waals surface area contributed by atoms with E-state index >= 15 is 0 Å². The fourth-order valence-electron chi connectivity index (χ4n) is 9.03. The highest BCUT2D eigenvalue weighted by Crippen LogP contribution is 2.56. The second-order valence-corrected chi connectivity index (χ2v) is 13.9. The molecule has 6 aromatic rings. The molecule has 0 N–H and O–H groups in total. The summed E-state index contributed by atoms with van der Waals surface area (Å²) >= 11 is 0. The van der Waals surface area contributed by atoms with Gasteiger partial charge in [0.15, 0.2) is 0 Å². The van der Waals surface area contributed by atoms with Gasteiger partial charge in [0.05, 0.1) is 11.0 Å². The van der Waals surface area contributed by atoms with Crippen molar-refractivity contribution in [2.24, 2.45) is 0 Å². The first-order valence-corrected chi connectivity index (χ1v) is 17.2. The minimum Gasteiger partial charge on any atom is -0.251 e. The molecule has 0 atom stereocenters. The Morgan fingerprint density at radius 1 is 0.556 bits per heavy atom. The number of fused-ring (bicyclic) bond motifs is 8. The van der Waals surface area contributed by atoms with Crippen LogP contribution in [0.2, 0.25) is 0 Å². The lowest BCUT2D eigenvalue weighted by atomic mass is 9.67. The maximum absolute atomic E-state index is 5.38. The van der Waals surface area contributed by atoms with E-state index in [0.717, 1.165) is 22.1 Å². The first kappa shape index (κ1) is 27.0. The van der Waals surface area contributed by atoms with Gasteiger partial charge in [0.25, 0.3) is 0 Å². The quantitative estimate of drug-likeness (QED) is 0.193. The molecule has 1 spiro atoms. The van der Waals surface area contributed by atoms with Crippen LogP contribution in [0.15, 0.2) is 97.1 Å². The number of benzene rings is 4. The zero-order valence-corrected chi connectivity index (χ0v) is 26.3. The highest BCUT2D eigenvalue weighted by atomic mass is 14.8. The maximum atomic E-state index is 5.38. The van der Waals surface area contributed by atoms with Crippen LogP contribution < -0.4 is 0 Å². The van der Waals surface area contributed by atoms with Crippen molar-refractivity contribution in [2.75, 3.05) is 0 Å². The molecular formula is C43H40N2. The van der Waals surface area contributed by atoms with Gasteiger partial charge < -0.3 is 0 Å². The SMILES string of the molecule is Cc1ccc2ccc3c(-c4cccc(-c5ccc6c(c5)C5(CCCCC5)c5ccccc5-6)c4)cc(C4CCCCC4)nc3c2n1. The minimum atomic E-state index is 0.167. The van der Waals surface area contributed by atoms with Crippen molar-refractivity contribution in [1.29, 1.82) is 0 Å². The van der Waals surface area contributed by atoms with Crippen LogP contribution in [0.4, 0.5) is 0 Å². The fourth-order valence-corrected chi connectivity index (χ4v) is 9.03. The smallest absolute Gasteiger partial charge is 0.0974 e. The maximum Gasteiger partial charge on any atom is 0.0974 e. The van der Waals surface area contributed by atoms with Crippen molar-refractivity contribution in [3.05, 3.63) is 120 Å². The van der Waals surface area contributed by atoms with Gasteiger partial charge in [0, 0.05) is 33.5 Å². The van der Waals surface area contributed by atoms with Crippen LogP contribution >= 0.6 is 0 Å². The molecule has 2 fully saturated rings. The van der Waals surface area contributed by atoms with Crippen molar-refractivity contribution in [3.63, 3.8) is 0 Å². The first-order chi connectivity index (χ1) is 22.2. The zero-order valence-electron chi connectivity index (χ0n) is 26.3. The number of nitrogens with zero attached hydrogens (tertiary/aromatic N) is 2. The predicted molar refractivity (Wildman–Crippen MR) is 188 cm³/mol. The van der Waals surface area contributed by atoms with Gasteiger partial charge in [-0.2, -0.15) is 0 Å². The molecule has 2 heteroatoms. The van der Waals surface area contributed by atoms with Crippen LogP contribution in [0, 0.1) is 6.92 Å². The molecule has 9 rings (SSSR count). The summed E-state index contributed by atoms with van der Waals surface area (Å²) in [6, 6.07) is 37.0. The van der Waals surface area contributed by atoms with E-state index in [2.05, 4.69) is 104 Å². The van der Waals surface area contributed by atoms with Crippen LogP contribution in [-0.2, 0) is 5.41 Å². The summed E-state index contributed by atoms with van der Waals surface area (Å²) in [6.45, 7) is 2.08. The van der Waals surface area contributed by atoms with E-state index in [1.54, 1.807) is 11.1 Å². The number of pyridine rings is 2. The molecule has 222 valence electrons. The zero-order chi connectivity index (χ0) is 30.0. The molecule has 0 saturated heterocycles. The van der Waals surface area contributed by atoms with Crippen LogP contribution in [0.25, 0.3) is 55.2 Å². The van der Waals surface area contributed by atoms with E-state index in [4.69, 9.17) is 9.97 Å². The molecule has 0 unspecified atom stereocenters. The third-order valence-corrected chi connectivity index (χ3v) is 11.3. The van der Waals surface area contributed by atoms with E-state index in [9.17, 15) is 0 Å². The Morgan fingerprint density at radius 2 is 1.31 bits per heavy atom. The van der Waals surface area contributed by atoms with Crippen molar-refractivity contribution in [3.8, 4) is 33.4 Å². The van der Waals surface area contributed by atoms with E-state index in [-0.39, 0.29) is 5.41 Å². The fraction of sp³-hybridized carbons (Fsp3) is 0.302. The van der Waals surface area contributed by atoms with Gasteiger partial charge in [-0.25, -0.2) is 0 Å². The molecule has 2 saturated carbocycles. The number of hydrogen-bond acceptors (Lipinski definition) is 2. The Bertz CT molecular complexity index is 2090. The molecular weight excluding hydrogens is 544 g/mol. The number of hydrogen-bond donors (Lipinski definition) is 0. The second kappa shape index (κ2) is 10.7. The molecule has 0 aliphatic heterocycles. The third-order valence-electron chi connectivity index (χ3n) is 11.3. The Morgan fingerprint density at radius 3 is 2.20 bits per heavy atom. The van der Waals surface area contributed by atoms with E-state index in [1.807, 2.05) is 0 Å². The Kier molecular flexibility index (Phi) is 6.40. The average Bonchev–Trinajstić information content (AvgIpc) is 3.36. The second-order valence-electron chi connectivity index (χ2n) is 13.9. The van der Waals surface area contributed by atoms with Crippen LogP contribution in [0.5, 0.6) is 0 Å². The van der Waals surface area contributed by atoms with Crippen molar-refractivity contribution in [1.82, 2.24) is 9.97 Å². The van der Waals surface area contributed by atoms with Crippen molar-refractivity contribution in [2.45, 2.75) is 82.5 Å². The lowest BCUT2D eigenvalue weighted by Crippen LogP contribution is -2.28. The van der Waals surface area contributed by atoms with Gasteiger partial charge in [-0.15, -0.1) is 0 Å². The summed E-state index contributed by atoms with van der Waals surface area (Å²) in [7, 11) is 0. The molecule has 0 amide bonds. The first-order valence-electron chi connectivity index (χ1n) is 17.2. The van der Waals surface area contributed by atoms with E-state index < -0.39 is 0 Å². The Labute approximate surface area is 266 Å². The summed E-state index contributed by atoms with van der Waals surface area (Å²) in [5.74, 6) is 0.523. The van der Waals surface area contributed by atoms with Gasteiger partial charge in [-0.05, 0) is 101 Å². The minimum absolute atomic E-state index is 0.167. The Balaban J connectivity index is 1.20. The summed E-state index contributed by atoms with van der Waals surface area (Å²) in [5.41, 5.74) is 15.7. The molecule has 45 heavy (non-hydrogen) atoms. The van der Waals surface area contributed by atoms with Gasteiger partial charge in [0.1, 0.15) is 0 Å². The molecule has 0 radical (unpaired) electrons. The summed E-state index contributed by atoms with van der Waals surface area (Å²) in [5, 5.41) is 2.36. The molecule has 2 aromatic heterocycles. The van der Waals surface area contributed by atoms with Gasteiger partial charge in [-0.3, -0.25) is 9.97 Å². The molecule has 3 aliphatic rings. The Hall–Kier alpha value is -4.30. The van der Waals surface area contributed by atoms with Crippen LogP contribution in [0.3, 0.4) is 0 Å². The normalized spacial score (nSPS) is 17.5. The third kappa shape index (κ3) is 4.36. The summed E-state index contributed by atoms with van der Waals surface area (Å²) in [4.78, 5) is 10.4. The van der Waals surface area contributed by atoms with E-state index in [1.165, 1.54) is 109 Å². The molecule has 4 aromatic carbocycles. The van der Waals surface area contributed by atoms with E-state index in [0.29, 0.717) is 5.92 Å². The highest BCUT2D eigenvalue weighted by Gasteiger charge is 2.43. The van der Waals surface area contributed by atoms with Gasteiger partial charge >= 0.3 is 0 Å². The molecule has 2 heterocycles. The molecule has 3 aliphatic carbocycles. The van der Waals surface area contributed by atoms with Crippen molar-refractivity contribution < 1.29 is 0 Å². The van der Waals surface area contributed by atoms with Crippen molar-refractivity contribution >= 4 is 21.8 Å². The van der Waals surface area contributed by atoms with Gasteiger partial charge in [-0.1, -0.05) is 111 Å². The predicted octanol–water partition coefficient (Wildman–Crippen LogP) is 11.7. The number of aryl methyl sites for hydroxylation is 1. The molecule has 2 nitrogen and oxygen atoms in total.